The molecule has 0 aromatic rings. The second-order valence-electron chi connectivity index (χ2n) is 13.7. The summed E-state index contributed by atoms with van der Waals surface area (Å²) in [4.78, 5) is 2.44. The first-order valence-corrected chi connectivity index (χ1v) is 20.7. The Morgan fingerprint density at radius 1 is 0.391 bits per heavy atom. The fraction of sp³-hybridized carbons (Fsp3) is 0.860. The van der Waals surface area contributed by atoms with Crippen LogP contribution in [0.25, 0.3) is 0 Å². The van der Waals surface area contributed by atoms with Crippen molar-refractivity contribution in [3.8, 4) is 0 Å². The zero-order chi connectivity index (χ0) is 33.9. The number of allylic oxidation sites excluding steroid dienone is 4. The van der Waals surface area contributed by atoms with Crippen LogP contribution in [0.3, 0.4) is 0 Å². The zero-order valence-corrected chi connectivity index (χ0v) is 32.2. The topological polar surface area (TPSA) is 27.3 Å². The number of hydrogen-bond donors (Lipinski definition) is 2. The summed E-state index contributed by atoms with van der Waals surface area (Å²) in [7, 11) is 2.25. The smallest absolute Gasteiger partial charge is 0.0477 e. The predicted octanol–water partition coefficient (Wildman–Crippen LogP) is 13.3. The molecule has 0 fully saturated rings. The third-order valence-electron chi connectivity index (χ3n) is 9.01. The highest BCUT2D eigenvalue weighted by Crippen LogP contribution is 2.11. The molecule has 0 atom stereocenters. The van der Waals surface area contributed by atoms with Crippen molar-refractivity contribution in [3.05, 3.63) is 37.5 Å². The maximum atomic E-state index is 3.66. The van der Waals surface area contributed by atoms with Gasteiger partial charge in [-0.1, -0.05) is 154 Å². The first kappa shape index (κ1) is 47.2. The van der Waals surface area contributed by atoms with E-state index in [-0.39, 0.29) is 0 Å². The van der Waals surface area contributed by atoms with Crippen LogP contribution < -0.4 is 10.6 Å². The molecule has 2 N–H and O–H groups in total. The lowest BCUT2D eigenvalue weighted by atomic mass is 10.1. The van der Waals surface area contributed by atoms with Crippen LogP contribution in [0.4, 0.5) is 0 Å². The Hall–Kier alpha value is -0.900. The van der Waals surface area contributed by atoms with E-state index in [0.29, 0.717) is 0 Å². The average molecular weight is 646 g/mol. The van der Waals surface area contributed by atoms with Crippen LogP contribution >= 0.6 is 0 Å². The van der Waals surface area contributed by atoms with Gasteiger partial charge in [0, 0.05) is 13.2 Å². The molecule has 3 heteroatoms. The van der Waals surface area contributed by atoms with E-state index in [0.717, 1.165) is 13.2 Å². The second-order valence-corrected chi connectivity index (χ2v) is 13.7. The fourth-order valence-electron chi connectivity index (χ4n) is 5.94. The van der Waals surface area contributed by atoms with Gasteiger partial charge in [0.2, 0.25) is 0 Å². The van der Waals surface area contributed by atoms with Crippen LogP contribution in [-0.4, -0.2) is 44.8 Å². The first-order valence-electron chi connectivity index (χ1n) is 20.7. The molecule has 0 spiro atoms. The number of rotatable bonds is 38. The Balaban J connectivity index is 0. The van der Waals surface area contributed by atoms with E-state index in [4.69, 9.17) is 0 Å². The summed E-state index contributed by atoms with van der Waals surface area (Å²) >= 11 is 0. The van der Waals surface area contributed by atoms with Gasteiger partial charge in [-0.15, -0.1) is 13.2 Å². The number of nitrogens with zero attached hydrogens (tertiary/aromatic N) is 1. The Labute approximate surface area is 292 Å². The molecule has 0 aromatic carbocycles. The Kier molecular flexibility index (Phi) is 47.4. The summed E-state index contributed by atoms with van der Waals surface area (Å²) in [5.74, 6) is 0. The van der Waals surface area contributed by atoms with Gasteiger partial charge in [0.1, 0.15) is 0 Å². The molecule has 0 bridgehead atoms. The summed E-state index contributed by atoms with van der Waals surface area (Å²) in [6, 6.07) is 0. The number of nitrogens with one attached hydrogen (secondary N) is 2. The lowest BCUT2D eigenvalue weighted by Crippen LogP contribution is -2.33. The molecule has 0 radical (unpaired) electrons. The van der Waals surface area contributed by atoms with Gasteiger partial charge in [-0.25, -0.2) is 0 Å². The van der Waals surface area contributed by atoms with Gasteiger partial charge >= 0.3 is 0 Å². The molecule has 0 amide bonds. The van der Waals surface area contributed by atoms with Gasteiger partial charge in [0.15, 0.2) is 0 Å². The van der Waals surface area contributed by atoms with Gasteiger partial charge in [-0.3, -0.25) is 4.90 Å². The van der Waals surface area contributed by atoms with Crippen molar-refractivity contribution in [1.82, 2.24) is 15.5 Å². The van der Waals surface area contributed by atoms with Gasteiger partial charge in [0.05, 0.1) is 0 Å². The first-order chi connectivity index (χ1) is 22.8. The molecule has 0 aliphatic heterocycles. The molecular formula is C43H87N3. The largest absolute Gasteiger partial charge is 0.317 e. The summed E-state index contributed by atoms with van der Waals surface area (Å²) in [5.41, 5.74) is 0. The SMILES string of the molecule is C=C.CCCCCCCC/C=C/CCCCCCCCNCCCN(C)CNCCCCCCCC/C=C/CCCCCCCC. The predicted molar refractivity (Wildman–Crippen MR) is 213 cm³/mol. The quantitative estimate of drug-likeness (QED) is 0.0397. The fourth-order valence-corrected chi connectivity index (χ4v) is 5.94. The third kappa shape index (κ3) is 45.2. The van der Waals surface area contributed by atoms with Gasteiger partial charge in [-0.2, -0.15) is 0 Å². The highest BCUT2D eigenvalue weighted by atomic mass is 15.2. The second kappa shape index (κ2) is 46.2. The van der Waals surface area contributed by atoms with Crippen molar-refractivity contribution in [2.24, 2.45) is 0 Å². The van der Waals surface area contributed by atoms with Crippen LogP contribution in [-0.2, 0) is 0 Å². The standard InChI is InChI=1S/C41H83N3.C2H4/c1-4-6-8-10-12-14-16-18-20-22-24-26-28-30-32-34-37-42-39-36-40-44(3)41-43-38-35-33-31-29-27-25-23-21-19-17-15-13-11-9-7-5-2;1-2/h18-21,42-43H,4-17,22-41H2,1-3H3;1-2H2/b20-18+,21-19+;. The lowest BCUT2D eigenvalue weighted by Gasteiger charge is -2.17. The summed E-state index contributed by atoms with van der Waals surface area (Å²) in [5, 5.41) is 7.30. The van der Waals surface area contributed by atoms with Crippen LogP contribution in [0.15, 0.2) is 37.5 Å². The number of unbranched alkanes of at least 4 members (excludes halogenated alkanes) is 24. The van der Waals surface area contributed by atoms with E-state index in [1.807, 2.05) is 0 Å². The molecule has 0 aliphatic carbocycles. The maximum absolute atomic E-state index is 3.66. The van der Waals surface area contributed by atoms with E-state index in [2.05, 4.69) is 73.9 Å². The molecule has 0 saturated heterocycles. The molecule has 0 rings (SSSR count). The molecular weight excluding hydrogens is 558 g/mol. The van der Waals surface area contributed by atoms with Gasteiger partial charge in [0.25, 0.3) is 0 Å². The van der Waals surface area contributed by atoms with Crippen molar-refractivity contribution < 1.29 is 0 Å². The molecule has 0 heterocycles. The van der Waals surface area contributed by atoms with Crippen molar-refractivity contribution in [2.75, 3.05) is 39.9 Å². The van der Waals surface area contributed by atoms with Crippen molar-refractivity contribution >= 4 is 0 Å². The summed E-state index contributed by atoms with van der Waals surface area (Å²) in [6.45, 7) is 16.3. The molecule has 274 valence electrons. The van der Waals surface area contributed by atoms with E-state index in [9.17, 15) is 0 Å². The third-order valence-corrected chi connectivity index (χ3v) is 9.01. The highest BCUT2D eigenvalue weighted by Gasteiger charge is 1.98. The Morgan fingerprint density at radius 3 is 1.09 bits per heavy atom. The average Bonchev–Trinajstić information content (AvgIpc) is 3.07. The minimum Gasteiger partial charge on any atom is -0.317 e. The normalized spacial score (nSPS) is 11.7. The summed E-state index contributed by atoms with van der Waals surface area (Å²) in [6.07, 6.45) is 49.7. The van der Waals surface area contributed by atoms with Crippen LogP contribution in [0.1, 0.15) is 200 Å². The monoisotopic (exact) mass is 646 g/mol. The van der Waals surface area contributed by atoms with E-state index in [1.165, 1.54) is 206 Å². The maximum Gasteiger partial charge on any atom is 0.0477 e. The Morgan fingerprint density at radius 2 is 0.696 bits per heavy atom. The van der Waals surface area contributed by atoms with Gasteiger partial charge < -0.3 is 10.6 Å². The van der Waals surface area contributed by atoms with Crippen molar-refractivity contribution in [2.45, 2.75) is 200 Å². The number of hydrogen-bond acceptors (Lipinski definition) is 3. The van der Waals surface area contributed by atoms with Crippen LogP contribution in [0.5, 0.6) is 0 Å². The highest BCUT2D eigenvalue weighted by molar-refractivity contribution is 4.82. The van der Waals surface area contributed by atoms with Crippen LogP contribution in [0.2, 0.25) is 0 Å². The van der Waals surface area contributed by atoms with Gasteiger partial charge in [-0.05, 0) is 97.3 Å². The summed E-state index contributed by atoms with van der Waals surface area (Å²) < 4.78 is 0. The molecule has 0 aliphatic rings. The minimum atomic E-state index is 1.03. The molecule has 0 saturated carbocycles. The van der Waals surface area contributed by atoms with E-state index < -0.39 is 0 Å². The zero-order valence-electron chi connectivity index (χ0n) is 32.2. The van der Waals surface area contributed by atoms with Crippen molar-refractivity contribution in [3.63, 3.8) is 0 Å². The molecule has 3 nitrogen and oxygen atoms in total. The molecule has 0 unspecified atom stereocenters. The lowest BCUT2D eigenvalue weighted by molar-refractivity contribution is 0.299. The molecule has 0 aromatic heterocycles. The Bertz CT molecular complexity index is 572. The van der Waals surface area contributed by atoms with Crippen LogP contribution in [0, 0.1) is 0 Å². The van der Waals surface area contributed by atoms with E-state index in [1.54, 1.807) is 0 Å². The van der Waals surface area contributed by atoms with Crippen molar-refractivity contribution in [1.29, 1.82) is 0 Å². The molecule has 46 heavy (non-hydrogen) atoms. The van der Waals surface area contributed by atoms with E-state index >= 15 is 0 Å². The minimum absolute atomic E-state index is 1.03.